The molecule has 0 aromatic carbocycles. The van der Waals surface area contributed by atoms with Crippen molar-refractivity contribution < 1.29 is 9.53 Å². The molecule has 3 rings (SSSR count). The monoisotopic (exact) mass is 308 g/mol. The molecule has 1 spiro atoms. The summed E-state index contributed by atoms with van der Waals surface area (Å²) in [6, 6.07) is 0.239. The molecule has 7 nitrogen and oxygen atoms in total. The molecule has 0 aliphatic carbocycles. The van der Waals surface area contributed by atoms with Gasteiger partial charge in [0, 0.05) is 38.3 Å². The second-order valence-corrected chi connectivity index (χ2v) is 6.87. The van der Waals surface area contributed by atoms with Gasteiger partial charge in [-0.3, -0.25) is 9.36 Å². The lowest BCUT2D eigenvalue weighted by Crippen LogP contribution is -2.70. The Balaban J connectivity index is 1.73. The van der Waals surface area contributed by atoms with Crippen LogP contribution < -0.4 is 5.69 Å². The molecular weight excluding hydrogens is 284 g/mol. The Morgan fingerprint density at radius 1 is 1.45 bits per heavy atom. The normalized spacial score (nSPS) is 23.8. The minimum absolute atomic E-state index is 0.0170. The molecule has 1 amide bonds. The lowest BCUT2D eigenvalue weighted by atomic mass is 9.62. The van der Waals surface area contributed by atoms with Crippen molar-refractivity contribution in [2.45, 2.75) is 39.3 Å². The quantitative estimate of drug-likeness (QED) is 0.802. The maximum Gasteiger partial charge on any atom is 0.345 e. The minimum Gasteiger partial charge on any atom is -0.381 e. The summed E-state index contributed by atoms with van der Waals surface area (Å²) in [5, 5.41) is 3.97. The number of aryl methyl sites for hydroxylation is 1. The number of rotatable bonds is 3. The van der Waals surface area contributed by atoms with E-state index in [1.807, 2.05) is 4.90 Å². The van der Waals surface area contributed by atoms with Crippen LogP contribution in [-0.4, -0.2) is 51.0 Å². The third-order valence-electron chi connectivity index (χ3n) is 5.06. The van der Waals surface area contributed by atoms with E-state index in [0.29, 0.717) is 5.92 Å². The molecule has 2 aliphatic rings. The molecule has 1 aromatic heterocycles. The van der Waals surface area contributed by atoms with Gasteiger partial charge in [0.1, 0.15) is 12.9 Å². The van der Waals surface area contributed by atoms with Crippen molar-refractivity contribution in [3.05, 3.63) is 16.8 Å². The number of nitrogens with zero attached hydrogens (tertiary/aromatic N) is 4. The molecule has 2 fully saturated rings. The summed E-state index contributed by atoms with van der Waals surface area (Å²) >= 11 is 0. The smallest absolute Gasteiger partial charge is 0.345 e. The molecule has 0 N–H and O–H groups in total. The van der Waals surface area contributed by atoms with Crippen LogP contribution in [-0.2, 0) is 23.1 Å². The van der Waals surface area contributed by atoms with Crippen LogP contribution >= 0.6 is 0 Å². The van der Waals surface area contributed by atoms with Crippen LogP contribution in [0, 0.1) is 11.3 Å². The van der Waals surface area contributed by atoms with Crippen LogP contribution in [0.5, 0.6) is 0 Å². The van der Waals surface area contributed by atoms with Gasteiger partial charge in [0.2, 0.25) is 5.91 Å². The summed E-state index contributed by atoms with van der Waals surface area (Å²) < 4.78 is 8.09. The fourth-order valence-electron chi connectivity index (χ4n) is 4.04. The Morgan fingerprint density at radius 3 is 2.68 bits per heavy atom. The van der Waals surface area contributed by atoms with E-state index >= 15 is 0 Å². The Labute approximate surface area is 129 Å². The molecule has 0 saturated carbocycles. The van der Waals surface area contributed by atoms with Crippen molar-refractivity contribution >= 4 is 5.91 Å². The molecule has 0 radical (unpaired) electrons. The van der Waals surface area contributed by atoms with Crippen molar-refractivity contribution in [1.29, 1.82) is 0 Å². The number of ether oxygens (including phenoxy) is 1. The van der Waals surface area contributed by atoms with Gasteiger partial charge < -0.3 is 9.64 Å². The molecule has 7 heteroatoms. The fourth-order valence-corrected chi connectivity index (χ4v) is 4.04. The SMILES string of the molecule is CC(C)C1N(C(=O)Cn2ncn(C)c2=O)CC12CCOCC2. The van der Waals surface area contributed by atoms with E-state index in [2.05, 4.69) is 18.9 Å². The standard InChI is InChI=1S/C15H24N4O3/c1-11(2)13-15(4-6-22-7-5-15)9-18(13)12(20)8-19-14(21)17(3)10-16-19/h10-11,13H,4-9H2,1-3H3. The Hall–Kier alpha value is -1.63. The third kappa shape index (κ3) is 2.37. The molecule has 1 atom stereocenters. The molecule has 0 bridgehead atoms. The highest BCUT2D eigenvalue weighted by Crippen LogP contribution is 2.48. The van der Waals surface area contributed by atoms with Gasteiger partial charge in [0.25, 0.3) is 0 Å². The van der Waals surface area contributed by atoms with Crippen LogP contribution in [0.1, 0.15) is 26.7 Å². The van der Waals surface area contributed by atoms with Crippen molar-refractivity contribution in [3.8, 4) is 0 Å². The van der Waals surface area contributed by atoms with Gasteiger partial charge in [-0.15, -0.1) is 0 Å². The maximum atomic E-state index is 12.6. The van der Waals surface area contributed by atoms with Gasteiger partial charge in [0.05, 0.1) is 0 Å². The number of aromatic nitrogens is 3. The van der Waals surface area contributed by atoms with E-state index < -0.39 is 0 Å². The summed E-state index contributed by atoms with van der Waals surface area (Å²) in [6.07, 6.45) is 3.47. The van der Waals surface area contributed by atoms with E-state index in [9.17, 15) is 9.59 Å². The van der Waals surface area contributed by atoms with E-state index in [1.54, 1.807) is 7.05 Å². The van der Waals surface area contributed by atoms with Crippen LogP contribution in [0.4, 0.5) is 0 Å². The largest absolute Gasteiger partial charge is 0.381 e. The van der Waals surface area contributed by atoms with Crippen molar-refractivity contribution in [2.24, 2.45) is 18.4 Å². The van der Waals surface area contributed by atoms with Crippen LogP contribution in [0.15, 0.2) is 11.1 Å². The second kappa shape index (κ2) is 5.53. The van der Waals surface area contributed by atoms with Crippen LogP contribution in [0.2, 0.25) is 0 Å². The van der Waals surface area contributed by atoms with E-state index in [-0.39, 0.29) is 29.6 Å². The van der Waals surface area contributed by atoms with E-state index in [0.717, 1.165) is 32.6 Å². The van der Waals surface area contributed by atoms with Crippen molar-refractivity contribution in [2.75, 3.05) is 19.8 Å². The molecule has 2 aliphatic heterocycles. The average Bonchev–Trinajstić information content (AvgIpc) is 2.77. The van der Waals surface area contributed by atoms with Crippen LogP contribution in [0.25, 0.3) is 0 Å². The van der Waals surface area contributed by atoms with Gasteiger partial charge in [-0.2, -0.15) is 5.10 Å². The lowest BCUT2D eigenvalue weighted by molar-refractivity contribution is -0.175. The topological polar surface area (TPSA) is 69.4 Å². The summed E-state index contributed by atoms with van der Waals surface area (Å²) in [5.41, 5.74) is -0.0484. The summed E-state index contributed by atoms with van der Waals surface area (Å²) in [7, 11) is 1.63. The zero-order valence-electron chi connectivity index (χ0n) is 13.5. The number of hydrogen-bond donors (Lipinski definition) is 0. The van der Waals surface area contributed by atoms with Gasteiger partial charge in [-0.05, 0) is 18.8 Å². The maximum absolute atomic E-state index is 12.6. The van der Waals surface area contributed by atoms with Crippen LogP contribution in [0.3, 0.4) is 0 Å². The van der Waals surface area contributed by atoms with Crippen molar-refractivity contribution in [1.82, 2.24) is 19.2 Å². The summed E-state index contributed by atoms with van der Waals surface area (Å²) in [5.74, 6) is 0.382. The number of carbonyl (C=O) groups is 1. The van der Waals surface area contributed by atoms with E-state index in [1.165, 1.54) is 15.6 Å². The highest BCUT2D eigenvalue weighted by Gasteiger charge is 2.55. The molecular formula is C15H24N4O3. The van der Waals surface area contributed by atoms with Gasteiger partial charge >= 0.3 is 5.69 Å². The average molecular weight is 308 g/mol. The summed E-state index contributed by atoms with van der Waals surface area (Å²) in [4.78, 5) is 26.3. The first kappa shape index (κ1) is 15.3. The van der Waals surface area contributed by atoms with E-state index in [4.69, 9.17) is 4.74 Å². The minimum atomic E-state index is -0.254. The molecule has 22 heavy (non-hydrogen) atoms. The predicted molar refractivity (Wildman–Crippen MR) is 80.3 cm³/mol. The first-order valence-electron chi connectivity index (χ1n) is 7.90. The Kier molecular flexibility index (Phi) is 3.84. The third-order valence-corrected chi connectivity index (χ3v) is 5.06. The van der Waals surface area contributed by atoms with Crippen molar-refractivity contribution in [3.63, 3.8) is 0 Å². The second-order valence-electron chi connectivity index (χ2n) is 6.87. The fraction of sp³-hybridized carbons (Fsp3) is 0.800. The highest BCUT2D eigenvalue weighted by molar-refractivity contribution is 5.77. The predicted octanol–water partition coefficient (Wildman–Crippen LogP) is 0.245. The molecule has 122 valence electrons. The molecule has 2 saturated heterocycles. The zero-order valence-corrected chi connectivity index (χ0v) is 13.5. The number of carbonyl (C=O) groups excluding carboxylic acids is 1. The summed E-state index contributed by atoms with van der Waals surface area (Å²) in [6.45, 7) is 6.69. The Morgan fingerprint density at radius 2 is 2.14 bits per heavy atom. The van der Waals surface area contributed by atoms with Gasteiger partial charge in [0.15, 0.2) is 0 Å². The molecule has 3 heterocycles. The number of likely N-dealkylation sites (tertiary alicyclic amines) is 1. The van der Waals surface area contributed by atoms with Gasteiger partial charge in [-0.1, -0.05) is 13.8 Å². The molecule has 1 unspecified atom stereocenters. The number of hydrogen-bond acceptors (Lipinski definition) is 4. The first-order chi connectivity index (χ1) is 10.4. The zero-order chi connectivity index (χ0) is 15.9. The van der Waals surface area contributed by atoms with Gasteiger partial charge in [-0.25, -0.2) is 9.48 Å². The number of amides is 1. The highest BCUT2D eigenvalue weighted by atomic mass is 16.5. The molecule has 1 aromatic rings. The Bertz CT molecular complexity index is 613. The first-order valence-corrected chi connectivity index (χ1v) is 7.90. The lowest BCUT2D eigenvalue weighted by Gasteiger charge is -2.61.